The number of aryl methyl sites for hydroxylation is 1. The number of nitrogens with one attached hydrogen (secondary N) is 1. The molecule has 0 saturated carbocycles. The Hall–Kier alpha value is -1.26. The summed E-state index contributed by atoms with van der Waals surface area (Å²) in [4.78, 5) is 12.0. The maximum absolute atomic E-state index is 12.0. The molecule has 1 rings (SSSR count). The topological polar surface area (TPSA) is 47.6 Å². The molecular weight excluding hydrogens is 254 g/mol. The quantitative estimate of drug-likeness (QED) is 0.807. The predicted octanol–water partition coefficient (Wildman–Crippen LogP) is 2.32. The Morgan fingerprint density at radius 1 is 1.33 bits per heavy atom. The van der Waals surface area contributed by atoms with Crippen molar-refractivity contribution in [1.29, 1.82) is 0 Å². The van der Waals surface area contributed by atoms with E-state index in [9.17, 15) is 4.79 Å². The second kappa shape index (κ2) is 6.61. The summed E-state index contributed by atoms with van der Waals surface area (Å²) < 4.78 is 10.5. The largest absolute Gasteiger partial charge is 0.495 e. The number of carbonyl (C=O) groups excluding carboxylic acids is 1. The molecule has 100 valence electrons. The van der Waals surface area contributed by atoms with Crippen LogP contribution in [-0.2, 0) is 6.42 Å². The van der Waals surface area contributed by atoms with Gasteiger partial charge in [-0.3, -0.25) is 4.79 Å². The molecule has 0 aromatic heterocycles. The molecule has 0 radical (unpaired) electrons. The van der Waals surface area contributed by atoms with E-state index >= 15 is 0 Å². The van der Waals surface area contributed by atoms with Crippen molar-refractivity contribution in [3.63, 3.8) is 0 Å². The van der Waals surface area contributed by atoms with Crippen molar-refractivity contribution in [2.45, 2.75) is 13.3 Å². The van der Waals surface area contributed by atoms with Gasteiger partial charge in [-0.2, -0.15) is 0 Å². The van der Waals surface area contributed by atoms with E-state index in [1.54, 1.807) is 20.2 Å². The van der Waals surface area contributed by atoms with Crippen LogP contribution in [0.4, 0.5) is 0 Å². The lowest BCUT2D eigenvalue weighted by Crippen LogP contribution is -2.19. The first-order valence-electron chi connectivity index (χ1n) is 5.71. The van der Waals surface area contributed by atoms with Gasteiger partial charge >= 0.3 is 0 Å². The molecule has 0 aliphatic carbocycles. The van der Waals surface area contributed by atoms with E-state index < -0.39 is 0 Å². The molecule has 5 heteroatoms. The number of carbonyl (C=O) groups is 1. The molecule has 0 aliphatic heterocycles. The van der Waals surface area contributed by atoms with Gasteiger partial charge in [-0.05, 0) is 25.1 Å². The van der Waals surface area contributed by atoms with E-state index in [1.807, 2.05) is 6.92 Å². The molecule has 18 heavy (non-hydrogen) atoms. The van der Waals surface area contributed by atoms with Crippen LogP contribution in [0.2, 0.25) is 5.02 Å². The lowest BCUT2D eigenvalue weighted by atomic mass is 10.0. The van der Waals surface area contributed by atoms with Gasteiger partial charge in [0, 0.05) is 0 Å². The lowest BCUT2D eigenvalue weighted by molar-refractivity contribution is 0.0990. The summed E-state index contributed by atoms with van der Waals surface area (Å²) in [5.74, 6) is 0.872. The second-order valence-electron chi connectivity index (χ2n) is 3.77. The van der Waals surface area contributed by atoms with Crippen LogP contribution in [0, 0.1) is 0 Å². The third-order valence-electron chi connectivity index (χ3n) is 2.68. The fourth-order valence-corrected chi connectivity index (χ4v) is 2.19. The van der Waals surface area contributed by atoms with E-state index in [4.69, 9.17) is 21.1 Å². The Labute approximate surface area is 112 Å². The SMILES string of the molecule is CCc1cc(C(=O)CNC)c(OC)c(Cl)c1OC. The van der Waals surface area contributed by atoms with Gasteiger partial charge in [-0.25, -0.2) is 0 Å². The molecule has 4 nitrogen and oxygen atoms in total. The van der Waals surface area contributed by atoms with E-state index in [0.29, 0.717) is 22.1 Å². The van der Waals surface area contributed by atoms with Gasteiger partial charge in [0.25, 0.3) is 0 Å². The van der Waals surface area contributed by atoms with Crippen LogP contribution in [0.5, 0.6) is 11.5 Å². The number of methoxy groups -OCH3 is 2. The molecule has 1 aromatic rings. The number of hydrogen-bond acceptors (Lipinski definition) is 4. The van der Waals surface area contributed by atoms with Crippen molar-refractivity contribution in [1.82, 2.24) is 5.32 Å². The Morgan fingerprint density at radius 2 is 1.94 bits per heavy atom. The number of halogens is 1. The van der Waals surface area contributed by atoms with Gasteiger partial charge in [-0.1, -0.05) is 18.5 Å². The predicted molar refractivity (Wildman–Crippen MR) is 72.2 cm³/mol. The van der Waals surface area contributed by atoms with Crippen molar-refractivity contribution in [2.75, 3.05) is 27.8 Å². The normalized spacial score (nSPS) is 10.3. The average molecular weight is 272 g/mol. The minimum Gasteiger partial charge on any atom is -0.495 e. The first kappa shape index (κ1) is 14.8. The Morgan fingerprint density at radius 3 is 2.39 bits per heavy atom. The fourth-order valence-electron chi connectivity index (χ4n) is 1.81. The van der Waals surface area contributed by atoms with Crippen LogP contribution in [0.25, 0.3) is 0 Å². The molecule has 0 unspecified atom stereocenters. The molecule has 1 aromatic carbocycles. The number of ketones is 1. The van der Waals surface area contributed by atoms with E-state index in [-0.39, 0.29) is 12.3 Å². The molecule has 0 amide bonds. The summed E-state index contributed by atoms with van der Waals surface area (Å²) in [6.45, 7) is 2.22. The van der Waals surface area contributed by atoms with Crippen LogP contribution in [-0.4, -0.2) is 33.6 Å². The summed E-state index contributed by atoms with van der Waals surface area (Å²) in [6, 6.07) is 1.78. The minimum absolute atomic E-state index is 0.0615. The number of rotatable bonds is 6. The molecular formula is C13H18ClNO3. The zero-order valence-electron chi connectivity index (χ0n) is 11.1. The van der Waals surface area contributed by atoms with Gasteiger partial charge < -0.3 is 14.8 Å². The summed E-state index contributed by atoms with van der Waals surface area (Å²) in [5, 5.41) is 3.17. The van der Waals surface area contributed by atoms with Crippen molar-refractivity contribution >= 4 is 17.4 Å². The summed E-state index contributed by atoms with van der Waals surface area (Å²) in [6.07, 6.45) is 0.729. The van der Waals surface area contributed by atoms with Gasteiger partial charge in [0.1, 0.15) is 10.8 Å². The maximum Gasteiger partial charge on any atom is 0.180 e. The summed E-state index contributed by atoms with van der Waals surface area (Å²) >= 11 is 6.22. The third-order valence-corrected chi connectivity index (χ3v) is 3.02. The molecule has 0 bridgehead atoms. The highest BCUT2D eigenvalue weighted by Gasteiger charge is 2.21. The number of likely N-dealkylation sites (N-methyl/N-ethyl adjacent to an activating group) is 1. The van der Waals surface area contributed by atoms with Gasteiger partial charge in [0.2, 0.25) is 0 Å². The van der Waals surface area contributed by atoms with Gasteiger partial charge in [0.15, 0.2) is 11.5 Å². The Kier molecular flexibility index (Phi) is 5.44. The monoisotopic (exact) mass is 271 g/mol. The Bertz CT molecular complexity index is 446. The van der Waals surface area contributed by atoms with Gasteiger partial charge in [0.05, 0.1) is 26.3 Å². The Balaban J connectivity index is 3.42. The zero-order chi connectivity index (χ0) is 13.7. The van der Waals surface area contributed by atoms with E-state index in [1.165, 1.54) is 7.11 Å². The first-order valence-corrected chi connectivity index (χ1v) is 6.09. The van der Waals surface area contributed by atoms with Crippen molar-refractivity contribution in [3.05, 3.63) is 22.2 Å². The molecule has 0 spiro atoms. The average Bonchev–Trinajstić information content (AvgIpc) is 2.37. The van der Waals surface area contributed by atoms with Crippen molar-refractivity contribution in [2.24, 2.45) is 0 Å². The number of ether oxygens (including phenoxy) is 2. The zero-order valence-corrected chi connectivity index (χ0v) is 11.9. The third kappa shape index (κ3) is 2.76. The maximum atomic E-state index is 12.0. The highest BCUT2D eigenvalue weighted by atomic mass is 35.5. The van der Waals surface area contributed by atoms with E-state index in [0.717, 1.165) is 12.0 Å². The lowest BCUT2D eigenvalue weighted by Gasteiger charge is -2.16. The van der Waals surface area contributed by atoms with E-state index in [2.05, 4.69) is 5.32 Å². The van der Waals surface area contributed by atoms with Crippen LogP contribution in [0.15, 0.2) is 6.07 Å². The molecule has 0 heterocycles. The second-order valence-corrected chi connectivity index (χ2v) is 4.15. The molecule has 0 aliphatic rings. The van der Waals surface area contributed by atoms with Crippen LogP contribution in [0.1, 0.15) is 22.8 Å². The molecule has 0 fully saturated rings. The van der Waals surface area contributed by atoms with Crippen LogP contribution in [0.3, 0.4) is 0 Å². The number of Topliss-reactive ketones (excluding diaryl/α,β-unsaturated/α-hetero) is 1. The molecule has 0 saturated heterocycles. The minimum atomic E-state index is -0.0615. The van der Waals surface area contributed by atoms with Crippen LogP contribution < -0.4 is 14.8 Å². The summed E-state index contributed by atoms with van der Waals surface area (Å²) in [7, 11) is 4.76. The highest BCUT2D eigenvalue weighted by Crippen LogP contribution is 2.40. The number of benzene rings is 1. The molecule has 1 N–H and O–H groups in total. The smallest absolute Gasteiger partial charge is 0.180 e. The highest BCUT2D eigenvalue weighted by molar-refractivity contribution is 6.34. The van der Waals surface area contributed by atoms with Gasteiger partial charge in [-0.15, -0.1) is 0 Å². The first-order chi connectivity index (χ1) is 8.60. The van der Waals surface area contributed by atoms with Crippen LogP contribution >= 0.6 is 11.6 Å². The fraction of sp³-hybridized carbons (Fsp3) is 0.462. The van der Waals surface area contributed by atoms with Crippen molar-refractivity contribution in [3.8, 4) is 11.5 Å². The summed E-state index contributed by atoms with van der Waals surface area (Å²) in [5.41, 5.74) is 1.37. The van der Waals surface area contributed by atoms with Crippen molar-refractivity contribution < 1.29 is 14.3 Å². The molecule has 0 atom stereocenters. The number of hydrogen-bond donors (Lipinski definition) is 1. The standard InChI is InChI=1S/C13H18ClNO3/c1-5-8-6-9(10(16)7-15-2)13(18-4)11(14)12(8)17-3/h6,15H,5,7H2,1-4H3.